The van der Waals surface area contributed by atoms with Crippen molar-refractivity contribution in [2.75, 3.05) is 17.6 Å². The molecule has 1 heterocycles. The van der Waals surface area contributed by atoms with E-state index in [-0.39, 0.29) is 5.56 Å². The van der Waals surface area contributed by atoms with Gasteiger partial charge in [0.25, 0.3) is 0 Å². The second kappa shape index (κ2) is 5.39. The predicted molar refractivity (Wildman–Crippen MR) is 66.0 cm³/mol. The van der Waals surface area contributed by atoms with Gasteiger partial charge in [-0.3, -0.25) is 0 Å². The van der Waals surface area contributed by atoms with E-state index in [4.69, 9.17) is 10.8 Å². The molecule has 2 rings (SSSR count). The second-order valence-corrected chi connectivity index (χ2v) is 3.40. The number of hydrogen-bond donors (Lipinski definition) is 3. The Morgan fingerprint density at radius 2 is 2.12 bits per heavy atom. The number of hydrogen-bond acceptors (Lipinski definition) is 3. The van der Waals surface area contributed by atoms with Crippen LogP contribution in [0.2, 0.25) is 0 Å². The maximum absolute atomic E-state index is 11.0. The number of carboxylic acid groups (broad SMARTS) is 1. The average Bonchev–Trinajstić information content (AvgIpc) is 2.31. The summed E-state index contributed by atoms with van der Waals surface area (Å²) in [5.41, 5.74) is 7.90. The van der Waals surface area contributed by atoms with Gasteiger partial charge in [-0.15, -0.1) is 0 Å². The number of fused-ring (bicyclic) bond motifs is 1. The number of carboxylic acids is 1. The van der Waals surface area contributed by atoms with E-state index < -0.39 is 5.97 Å². The Kier molecular flexibility index (Phi) is 4.17. The van der Waals surface area contributed by atoms with Crippen molar-refractivity contribution in [3.05, 3.63) is 23.3 Å². The molecule has 16 heavy (non-hydrogen) atoms. The molecular weight excluding hydrogens is 204 g/mol. The fraction of sp³-hybridized carbons (Fsp3) is 0.417. The summed E-state index contributed by atoms with van der Waals surface area (Å²) in [5, 5.41) is 12.1. The van der Waals surface area contributed by atoms with Gasteiger partial charge in [0.2, 0.25) is 0 Å². The lowest BCUT2D eigenvalue weighted by molar-refractivity contribution is 0.0699. The van der Waals surface area contributed by atoms with Crippen molar-refractivity contribution in [1.29, 1.82) is 0 Å². The first-order valence-corrected chi connectivity index (χ1v) is 5.58. The molecule has 1 aliphatic heterocycles. The van der Waals surface area contributed by atoms with Gasteiger partial charge in [0, 0.05) is 12.2 Å². The van der Waals surface area contributed by atoms with E-state index in [1.54, 1.807) is 6.07 Å². The molecular formula is C12H18N2O2. The minimum Gasteiger partial charge on any atom is -0.478 e. The van der Waals surface area contributed by atoms with Crippen molar-refractivity contribution in [2.24, 2.45) is 0 Å². The molecule has 1 aromatic rings. The van der Waals surface area contributed by atoms with Crippen LogP contribution in [0.4, 0.5) is 11.4 Å². The van der Waals surface area contributed by atoms with E-state index in [1.807, 2.05) is 19.9 Å². The molecule has 0 unspecified atom stereocenters. The topological polar surface area (TPSA) is 75.4 Å². The maximum atomic E-state index is 11.0. The number of aromatic carboxylic acids is 1. The Hall–Kier alpha value is -1.71. The number of rotatable bonds is 1. The van der Waals surface area contributed by atoms with E-state index in [0.29, 0.717) is 11.4 Å². The van der Waals surface area contributed by atoms with Crippen LogP contribution in [0.1, 0.15) is 36.2 Å². The first-order chi connectivity index (χ1) is 7.70. The van der Waals surface area contributed by atoms with Gasteiger partial charge < -0.3 is 16.2 Å². The average molecular weight is 222 g/mol. The standard InChI is InChI=1S/C10H12N2O2.C2H6/c11-7-4-3-6-2-1-5-12-9(6)8(7)10(13)14;1-2/h3-4,12H,1-2,5,11H2,(H,13,14);1-2H3. The Balaban J connectivity index is 0.000000606. The van der Waals surface area contributed by atoms with Gasteiger partial charge in [0.05, 0.1) is 5.69 Å². The summed E-state index contributed by atoms with van der Waals surface area (Å²) in [7, 11) is 0. The SMILES string of the molecule is CC.Nc1ccc2c(c1C(=O)O)NCCC2. The summed E-state index contributed by atoms with van der Waals surface area (Å²) in [6.45, 7) is 4.82. The smallest absolute Gasteiger partial charge is 0.339 e. The second-order valence-electron chi connectivity index (χ2n) is 3.40. The summed E-state index contributed by atoms with van der Waals surface area (Å²) in [5.74, 6) is -0.964. The molecule has 4 heteroatoms. The number of nitrogens with two attached hydrogens (primary N) is 1. The zero-order valence-corrected chi connectivity index (χ0v) is 9.71. The van der Waals surface area contributed by atoms with Crippen molar-refractivity contribution >= 4 is 17.3 Å². The van der Waals surface area contributed by atoms with Gasteiger partial charge in [-0.25, -0.2) is 4.79 Å². The van der Waals surface area contributed by atoms with Gasteiger partial charge in [0.1, 0.15) is 5.56 Å². The van der Waals surface area contributed by atoms with E-state index in [0.717, 1.165) is 24.9 Å². The minimum atomic E-state index is -0.964. The first-order valence-electron chi connectivity index (χ1n) is 5.58. The lowest BCUT2D eigenvalue weighted by Crippen LogP contribution is -2.17. The summed E-state index contributed by atoms with van der Waals surface area (Å²) >= 11 is 0. The van der Waals surface area contributed by atoms with Crippen molar-refractivity contribution < 1.29 is 9.90 Å². The van der Waals surface area contributed by atoms with Crippen LogP contribution in [0.3, 0.4) is 0 Å². The number of nitrogens with one attached hydrogen (secondary N) is 1. The van der Waals surface area contributed by atoms with Crippen LogP contribution >= 0.6 is 0 Å². The monoisotopic (exact) mass is 222 g/mol. The van der Waals surface area contributed by atoms with Crippen LogP contribution < -0.4 is 11.1 Å². The summed E-state index contributed by atoms with van der Waals surface area (Å²) in [4.78, 5) is 11.0. The van der Waals surface area contributed by atoms with Gasteiger partial charge in [0.15, 0.2) is 0 Å². The summed E-state index contributed by atoms with van der Waals surface area (Å²) in [6, 6.07) is 3.55. The first kappa shape index (κ1) is 12.4. The fourth-order valence-corrected chi connectivity index (χ4v) is 1.79. The molecule has 0 spiro atoms. The van der Waals surface area contributed by atoms with Gasteiger partial charge in [-0.2, -0.15) is 0 Å². The molecule has 0 bridgehead atoms. The molecule has 0 atom stereocenters. The van der Waals surface area contributed by atoms with Crippen molar-refractivity contribution in [3.8, 4) is 0 Å². The zero-order chi connectivity index (χ0) is 12.1. The number of anilines is 2. The lowest BCUT2D eigenvalue weighted by Gasteiger charge is -2.20. The normalized spacial score (nSPS) is 12.9. The fourth-order valence-electron chi connectivity index (χ4n) is 1.79. The summed E-state index contributed by atoms with van der Waals surface area (Å²) < 4.78 is 0. The number of carbonyl (C=O) groups is 1. The molecule has 0 radical (unpaired) electrons. The van der Waals surface area contributed by atoms with Crippen molar-refractivity contribution in [2.45, 2.75) is 26.7 Å². The van der Waals surface area contributed by atoms with E-state index in [9.17, 15) is 4.79 Å². The molecule has 0 saturated heterocycles. The minimum absolute atomic E-state index is 0.210. The quantitative estimate of drug-likeness (QED) is 0.637. The highest BCUT2D eigenvalue weighted by Crippen LogP contribution is 2.30. The third kappa shape index (κ3) is 2.27. The molecule has 0 fully saturated rings. The predicted octanol–water partition coefficient (Wildman–Crippen LogP) is 2.35. The Morgan fingerprint density at radius 1 is 1.44 bits per heavy atom. The van der Waals surface area contributed by atoms with Crippen LogP contribution in [0.5, 0.6) is 0 Å². The molecule has 0 aromatic heterocycles. The van der Waals surface area contributed by atoms with Crippen LogP contribution in [0, 0.1) is 0 Å². The van der Waals surface area contributed by atoms with Gasteiger partial charge in [-0.1, -0.05) is 19.9 Å². The Morgan fingerprint density at radius 3 is 2.75 bits per heavy atom. The number of nitrogen functional groups attached to an aromatic ring is 1. The largest absolute Gasteiger partial charge is 0.478 e. The molecule has 88 valence electrons. The highest BCUT2D eigenvalue weighted by atomic mass is 16.4. The molecule has 4 nitrogen and oxygen atoms in total. The highest BCUT2D eigenvalue weighted by molar-refractivity contribution is 6.00. The van der Waals surface area contributed by atoms with Gasteiger partial charge in [-0.05, 0) is 24.5 Å². The van der Waals surface area contributed by atoms with Crippen LogP contribution in [0.25, 0.3) is 0 Å². The Labute approximate surface area is 95.5 Å². The summed E-state index contributed by atoms with van der Waals surface area (Å²) in [6.07, 6.45) is 1.96. The van der Waals surface area contributed by atoms with E-state index in [2.05, 4.69) is 5.32 Å². The lowest BCUT2D eigenvalue weighted by atomic mass is 9.98. The van der Waals surface area contributed by atoms with Crippen molar-refractivity contribution in [3.63, 3.8) is 0 Å². The molecule has 0 amide bonds. The molecule has 4 N–H and O–H groups in total. The van der Waals surface area contributed by atoms with E-state index >= 15 is 0 Å². The third-order valence-electron chi connectivity index (χ3n) is 2.46. The molecule has 1 aromatic carbocycles. The molecule has 1 aliphatic rings. The number of benzene rings is 1. The third-order valence-corrected chi connectivity index (χ3v) is 2.46. The van der Waals surface area contributed by atoms with Crippen LogP contribution in [-0.2, 0) is 6.42 Å². The van der Waals surface area contributed by atoms with Crippen LogP contribution in [-0.4, -0.2) is 17.6 Å². The Bertz CT molecular complexity index is 389. The van der Waals surface area contributed by atoms with Crippen molar-refractivity contribution in [1.82, 2.24) is 0 Å². The number of aryl methyl sites for hydroxylation is 1. The zero-order valence-electron chi connectivity index (χ0n) is 9.71. The molecule has 0 saturated carbocycles. The highest BCUT2D eigenvalue weighted by Gasteiger charge is 2.19. The van der Waals surface area contributed by atoms with E-state index in [1.165, 1.54) is 0 Å². The maximum Gasteiger partial charge on any atom is 0.339 e. The molecule has 0 aliphatic carbocycles. The van der Waals surface area contributed by atoms with Crippen LogP contribution in [0.15, 0.2) is 12.1 Å². The van der Waals surface area contributed by atoms with Gasteiger partial charge >= 0.3 is 5.97 Å².